The second-order valence-corrected chi connectivity index (χ2v) is 8.04. The number of aldehydes is 1. The Morgan fingerprint density at radius 1 is 1.16 bits per heavy atom. The molecule has 3 aromatic heterocycles. The third kappa shape index (κ3) is 3.40. The van der Waals surface area contributed by atoms with Gasteiger partial charge in [0.2, 0.25) is 5.13 Å². The van der Waals surface area contributed by atoms with Crippen LogP contribution in [-0.2, 0) is 0 Å². The molecule has 0 spiro atoms. The fourth-order valence-corrected chi connectivity index (χ4v) is 4.21. The smallest absolute Gasteiger partial charge is 0.345 e. The number of rotatable bonds is 5. The Morgan fingerprint density at radius 2 is 1.97 bits per heavy atom. The SMILES string of the molecule is COc1cccc2cc(-c3csc(-n4cc(C=O)c(-c5ccc(C)cc5)n4)n3)c(=O)oc12. The number of methoxy groups -OCH3 is 1. The van der Waals surface area contributed by atoms with E-state index in [0.29, 0.717) is 39.0 Å². The molecule has 0 aliphatic rings. The first-order valence-corrected chi connectivity index (χ1v) is 10.6. The molecule has 0 atom stereocenters. The van der Waals surface area contributed by atoms with Crippen LogP contribution in [0.5, 0.6) is 5.75 Å². The topological polar surface area (TPSA) is 87.2 Å². The summed E-state index contributed by atoms with van der Waals surface area (Å²) in [7, 11) is 1.53. The van der Waals surface area contributed by atoms with Gasteiger partial charge in [0.05, 0.1) is 23.9 Å². The number of para-hydroxylation sites is 1. The fourth-order valence-electron chi connectivity index (χ4n) is 3.46. The Morgan fingerprint density at radius 3 is 2.72 bits per heavy atom. The number of ether oxygens (including phenoxy) is 1. The van der Waals surface area contributed by atoms with Crippen molar-refractivity contribution in [1.29, 1.82) is 0 Å². The van der Waals surface area contributed by atoms with Gasteiger partial charge in [-0.2, -0.15) is 5.10 Å². The number of thiazole rings is 1. The molecule has 3 heterocycles. The standard InChI is InChI=1S/C24H17N3O4S/c1-14-6-8-15(9-7-14)21-17(12-28)11-27(26-21)24-25-19(13-32-24)18-10-16-4-3-5-20(30-2)22(16)31-23(18)29/h3-13H,1-2H3. The largest absolute Gasteiger partial charge is 0.493 e. The molecule has 5 rings (SSSR count). The van der Waals surface area contributed by atoms with Gasteiger partial charge < -0.3 is 9.15 Å². The summed E-state index contributed by atoms with van der Waals surface area (Å²) in [6, 6.07) is 14.9. The molecule has 7 nitrogen and oxygen atoms in total. The van der Waals surface area contributed by atoms with Gasteiger partial charge in [0.1, 0.15) is 5.69 Å². The number of aryl methyl sites for hydroxylation is 1. The molecule has 0 fully saturated rings. The van der Waals surface area contributed by atoms with Crippen LogP contribution in [0.3, 0.4) is 0 Å². The van der Waals surface area contributed by atoms with E-state index in [1.54, 1.807) is 28.4 Å². The monoisotopic (exact) mass is 443 g/mol. The van der Waals surface area contributed by atoms with Crippen molar-refractivity contribution in [1.82, 2.24) is 14.8 Å². The van der Waals surface area contributed by atoms with E-state index in [9.17, 15) is 9.59 Å². The summed E-state index contributed by atoms with van der Waals surface area (Å²) in [6.45, 7) is 2.00. The molecule has 8 heteroatoms. The lowest BCUT2D eigenvalue weighted by atomic mass is 10.1. The summed E-state index contributed by atoms with van der Waals surface area (Å²) in [5, 5.41) is 7.60. The highest BCUT2D eigenvalue weighted by Gasteiger charge is 2.17. The minimum absolute atomic E-state index is 0.342. The van der Waals surface area contributed by atoms with Crippen LogP contribution in [0.2, 0.25) is 0 Å². The lowest BCUT2D eigenvalue weighted by Crippen LogP contribution is -2.04. The summed E-state index contributed by atoms with van der Waals surface area (Å²) in [6.07, 6.45) is 2.41. The van der Waals surface area contributed by atoms with E-state index in [-0.39, 0.29) is 0 Å². The number of hydrogen-bond acceptors (Lipinski definition) is 7. The first-order chi connectivity index (χ1) is 15.6. The molecule has 0 aliphatic heterocycles. The predicted octanol–water partition coefficient (Wildman–Crippen LogP) is 4.90. The van der Waals surface area contributed by atoms with Gasteiger partial charge in [-0.25, -0.2) is 14.5 Å². The second kappa shape index (κ2) is 7.90. The van der Waals surface area contributed by atoms with Crippen molar-refractivity contribution < 1.29 is 13.9 Å². The zero-order chi connectivity index (χ0) is 22.2. The Labute approximate surface area is 186 Å². The molecule has 0 radical (unpaired) electrons. The van der Waals surface area contributed by atoms with E-state index in [4.69, 9.17) is 9.15 Å². The van der Waals surface area contributed by atoms with Crippen molar-refractivity contribution in [2.75, 3.05) is 7.11 Å². The molecule has 158 valence electrons. The zero-order valence-electron chi connectivity index (χ0n) is 17.2. The molecule has 32 heavy (non-hydrogen) atoms. The third-order valence-corrected chi connectivity index (χ3v) is 5.93. The molecule has 0 N–H and O–H groups in total. The van der Waals surface area contributed by atoms with Crippen molar-refractivity contribution in [2.45, 2.75) is 6.92 Å². The normalized spacial score (nSPS) is 11.1. The third-order valence-electron chi connectivity index (χ3n) is 5.10. The summed E-state index contributed by atoms with van der Waals surface area (Å²) in [4.78, 5) is 28.8. The van der Waals surface area contributed by atoms with E-state index in [0.717, 1.165) is 22.8 Å². The van der Waals surface area contributed by atoms with Crippen LogP contribution in [0.1, 0.15) is 15.9 Å². The van der Waals surface area contributed by atoms with Crippen molar-refractivity contribution in [3.8, 4) is 33.4 Å². The molecule has 0 unspecified atom stereocenters. The van der Waals surface area contributed by atoms with E-state index in [1.165, 1.54) is 18.4 Å². The van der Waals surface area contributed by atoms with Gasteiger partial charge >= 0.3 is 5.63 Å². The number of carbonyl (C=O) groups is 1. The van der Waals surface area contributed by atoms with E-state index in [1.807, 2.05) is 43.3 Å². The quantitative estimate of drug-likeness (QED) is 0.284. The van der Waals surface area contributed by atoms with Crippen molar-refractivity contribution in [2.24, 2.45) is 0 Å². The van der Waals surface area contributed by atoms with E-state index < -0.39 is 5.63 Å². The summed E-state index contributed by atoms with van der Waals surface area (Å²) < 4.78 is 12.3. The lowest BCUT2D eigenvalue weighted by Gasteiger charge is -2.04. The van der Waals surface area contributed by atoms with Gasteiger partial charge in [-0.1, -0.05) is 42.0 Å². The molecule has 0 bridgehead atoms. The highest BCUT2D eigenvalue weighted by atomic mass is 32.1. The van der Waals surface area contributed by atoms with Gasteiger partial charge in [-0.05, 0) is 19.1 Å². The highest BCUT2D eigenvalue weighted by Crippen LogP contribution is 2.29. The van der Waals surface area contributed by atoms with E-state index >= 15 is 0 Å². The zero-order valence-corrected chi connectivity index (χ0v) is 18.1. The maximum atomic E-state index is 12.6. The van der Waals surface area contributed by atoms with Crippen molar-refractivity contribution in [3.05, 3.63) is 81.7 Å². The molecular formula is C24H17N3O4S. The molecular weight excluding hydrogens is 426 g/mol. The Balaban J connectivity index is 1.56. The highest BCUT2D eigenvalue weighted by molar-refractivity contribution is 7.12. The first-order valence-electron chi connectivity index (χ1n) is 9.76. The predicted molar refractivity (Wildman–Crippen MR) is 123 cm³/mol. The van der Waals surface area contributed by atoms with Gasteiger partial charge in [-0.15, -0.1) is 11.3 Å². The summed E-state index contributed by atoms with van der Waals surface area (Å²) in [5.41, 5.74) is 3.71. The lowest BCUT2D eigenvalue weighted by molar-refractivity contribution is 0.112. The van der Waals surface area contributed by atoms with Crippen LogP contribution in [0.4, 0.5) is 0 Å². The Hall–Kier alpha value is -4.04. The molecule has 0 aliphatic carbocycles. The number of nitrogens with zero attached hydrogens (tertiary/aromatic N) is 3. The van der Waals surface area contributed by atoms with Crippen LogP contribution >= 0.6 is 11.3 Å². The van der Waals surface area contributed by atoms with Gasteiger partial charge in [0.25, 0.3) is 0 Å². The maximum absolute atomic E-state index is 12.6. The molecule has 0 saturated heterocycles. The Bertz CT molecular complexity index is 1510. The number of benzene rings is 2. The van der Waals surface area contributed by atoms with Gasteiger partial charge in [0, 0.05) is 22.5 Å². The summed E-state index contributed by atoms with van der Waals surface area (Å²) in [5.74, 6) is 0.492. The van der Waals surface area contributed by atoms with Crippen LogP contribution in [0, 0.1) is 6.92 Å². The average molecular weight is 443 g/mol. The van der Waals surface area contributed by atoms with Crippen LogP contribution in [-0.4, -0.2) is 28.2 Å². The number of fused-ring (bicyclic) bond motifs is 1. The van der Waals surface area contributed by atoms with Crippen LogP contribution < -0.4 is 10.4 Å². The molecule has 5 aromatic rings. The van der Waals surface area contributed by atoms with Crippen molar-refractivity contribution >= 4 is 28.6 Å². The number of hydrogen-bond donors (Lipinski definition) is 0. The fraction of sp³-hybridized carbons (Fsp3) is 0.0833. The minimum Gasteiger partial charge on any atom is -0.493 e. The van der Waals surface area contributed by atoms with E-state index in [2.05, 4.69) is 10.1 Å². The summed E-state index contributed by atoms with van der Waals surface area (Å²) >= 11 is 1.32. The van der Waals surface area contributed by atoms with Crippen LogP contribution in [0.25, 0.3) is 38.6 Å². The number of aromatic nitrogens is 3. The maximum Gasteiger partial charge on any atom is 0.345 e. The van der Waals surface area contributed by atoms with Gasteiger partial charge in [0.15, 0.2) is 17.6 Å². The second-order valence-electron chi connectivity index (χ2n) is 7.20. The minimum atomic E-state index is -0.506. The first kappa shape index (κ1) is 19.9. The molecule has 0 amide bonds. The number of carbonyl (C=O) groups excluding carboxylic acids is 1. The van der Waals surface area contributed by atoms with Crippen LogP contribution in [0.15, 0.2) is 69.3 Å². The van der Waals surface area contributed by atoms with Gasteiger partial charge in [-0.3, -0.25) is 4.79 Å². The van der Waals surface area contributed by atoms with Crippen molar-refractivity contribution in [3.63, 3.8) is 0 Å². The Kier molecular flexibility index (Phi) is 4.91. The average Bonchev–Trinajstić information content (AvgIpc) is 3.46. The molecule has 0 saturated carbocycles. The molecule has 2 aromatic carbocycles.